The molecule has 6 rings (SSSR count). The minimum atomic E-state index is -4.27. The van der Waals surface area contributed by atoms with Crippen molar-refractivity contribution in [1.82, 2.24) is 9.97 Å². The fourth-order valence-electron chi connectivity index (χ4n) is 4.78. The molecule has 6 aromatic rings. The lowest BCUT2D eigenvalue weighted by molar-refractivity contribution is 0.131. The molecule has 10 heteroatoms. The zero-order valence-electron chi connectivity index (χ0n) is 28.9. The van der Waals surface area contributed by atoms with E-state index in [1.807, 2.05) is 55.5 Å². The minimum absolute atomic E-state index is 0.178. The van der Waals surface area contributed by atoms with Crippen molar-refractivity contribution in [3.8, 4) is 17.2 Å². The maximum Gasteiger partial charge on any atom is 0.170 e. The van der Waals surface area contributed by atoms with Crippen LogP contribution in [0.1, 0.15) is 37.5 Å². The van der Waals surface area contributed by atoms with E-state index in [0.717, 1.165) is 43.7 Å². The summed E-state index contributed by atoms with van der Waals surface area (Å²) in [7, 11) is -4.67. The molecule has 0 saturated heterocycles. The van der Waals surface area contributed by atoms with E-state index >= 15 is 0 Å². The Morgan fingerprint density at radius 3 is 1.51 bits per heavy atom. The number of hydrogen-bond acceptors (Lipinski definition) is 8. The van der Waals surface area contributed by atoms with Gasteiger partial charge in [-0.15, -0.1) is 0 Å². The standard InChI is InChI=1S/C34H33N2O3S.C7H8O3S/c1-34(2,3)39-28-10-12-31(13-11-28)40(32-8-4-6-29(22-32)37-24-26-14-18-35-19-15-26)33-9-5-7-30(23-33)38-25-27-16-20-36-21-17-27;1-6-2-4-7(5-3-6)11(8,9)10/h4-23H,24-25H2,1-3H3;2-5H,1H3,(H,8,9,10)/q+1;/p-1. The van der Waals surface area contributed by atoms with Gasteiger partial charge in [0.25, 0.3) is 0 Å². The SMILES string of the molecule is CC(C)(C)Oc1ccc([S+](c2cccc(OCc3ccncc3)c2)c2cccc(OCc3ccncc3)c2)cc1.Cc1ccc(S(=O)(=O)[O-])cc1. The Labute approximate surface area is 303 Å². The molecule has 2 aromatic heterocycles. The van der Waals surface area contributed by atoms with E-state index in [1.165, 1.54) is 17.0 Å². The van der Waals surface area contributed by atoms with Gasteiger partial charge in [0.2, 0.25) is 0 Å². The molecule has 0 spiro atoms. The minimum Gasteiger partial charge on any atom is -0.744 e. The largest absolute Gasteiger partial charge is 0.744 e. The summed E-state index contributed by atoms with van der Waals surface area (Å²) in [5.74, 6) is 2.50. The molecule has 0 bridgehead atoms. The summed E-state index contributed by atoms with van der Waals surface area (Å²) < 4.78 is 49.6. The number of rotatable bonds is 11. The monoisotopic (exact) mass is 720 g/mol. The molecule has 0 aliphatic carbocycles. The van der Waals surface area contributed by atoms with Crippen molar-refractivity contribution in [1.29, 1.82) is 0 Å². The Kier molecular flexibility index (Phi) is 12.5. The second kappa shape index (κ2) is 17.2. The topological polar surface area (TPSA) is 111 Å². The Balaban J connectivity index is 0.000000392. The van der Waals surface area contributed by atoms with Crippen LogP contribution in [0.15, 0.2) is 166 Å². The highest BCUT2D eigenvalue weighted by molar-refractivity contribution is 7.97. The summed E-state index contributed by atoms with van der Waals surface area (Å²) in [4.78, 5) is 11.5. The van der Waals surface area contributed by atoms with Gasteiger partial charge in [-0.2, -0.15) is 0 Å². The van der Waals surface area contributed by atoms with Crippen molar-refractivity contribution in [3.05, 3.63) is 163 Å². The van der Waals surface area contributed by atoms with Crippen molar-refractivity contribution < 1.29 is 27.2 Å². The highest BCUT2D eigenvalue weighted by atomic mass is 32.2. The lowest BCUT2D eigenvalue weighted by Crippen LogP contribution is -2.22. The van der Waals surface area contributed by atoms with Gasteiger partial charge < -0.3 is 18.8 Å². The van der Waals surface area contributed by atoms with Crippen LogP contribution in [0, 0.1) is 6.92 Å². The first-order chi connectivity index (χ1) is 24.4. The van der Waals surface area contributed by atoms with Gasteiger partial charge in [-0.3, -0.25) is 9.97 Å². The number of aryl methyl sites for hydroxylation is 1. The van der Waals surface area contributed by atoms with Crippen molar-refractivity contribution in [2.45, 2.75) is 66.1 Å². The number of nitrogens with zero attached hydrogens (tertiary/aromatic N) is 2. The Morgan fingerprint density at radius 2 is 1.08 bits per heavy atom. The maximum absolute atomic E-state index is 10.4. The van der Waals surface area contributed by atoms with E-state index in [-0.39, 0.29) is 10.5 Å². The van der Waals surface area contributed by atoms with Crippen LogP contribution in [0.4, 0.5) is 0 Å². The fourth-order valence-corrected chi connectivity index (χ4v) is 7.38. The summed E-state index contributed by atoms with van der Waals surface area (Å²) in [6.07, 6.45) is 7.12. The molecule has 0 atom stereocenters. The Morgan fingerprint density at radius 1 is 0.608 bits per heavy atom. The first-order valence-electron chi connectivity index (χ1n) is 16.2. The Bertz CT molecular complexity index is 2000. The van der Waals surface area contributed by atoms with Crippen molar-refractivity contribution in [2.75, 3.05) is 0 Å². The van der Waals surface area contributed by atoms with Crippen molar-refractivity contribution >= 4 is 21.0 Å². The maximum atomic E-state index is 10.4. The van der Waals surface area contributed by atoms with Gasteiger partial charge in [0.15, 0.2) is 14.7 Å². The van der Waals surface area contributed by atoms with Gasteiger partial charge in [-0.1, -0.05) is 29.8 Å². The number of aromatic nitrogens is 2. The first-order valence-corrected chi connectivity index (χ1v) is 18.9. The van der Waals surface area contributed by atoms with Gasteiger partial charge in [0.1, 0.15) is 46.2 Å². The van der Waals surface area contributed by atoms with E-state index in [9.17, 15) is 13.0 Å². The molecule has 0 aliphatic heterocycles. The van der Waals surface area contributed by atoms with Crippen LogP contribution >= 0.6 is 0 Å². The van der Waals surface area contributed by atoms with E-state index in [4.69, 9.17) is 14.2 Å². The summed E-state index contributed by atoms with van der Waals surface area (Å²) in [5, 5.41) is 0. The molecule has 0 radical (unpaired) electrons. The van der Waals surface area contributed by atoms with Gasteiger partial charge in [-0.05, 0) is 124 Å². The lowest BCUT2D eigenvalue weighted by atomic mass is 10.2. The van der Waals surface area contributed by atoms with Crippen LogP contribution in [0.2, 0.25) is 0 Å². The third-order valence-corrected chi connectivity index (χ3v) is 10.2. The van der Waals surface area contributed by atoms with E-state index < -0.39 is 21.0 Å². The zero-order valence-corrected chi connectivity index (χ0v) is 30.6. The molecule has 2 heterocycles. The third kappa shape index (κ3) is 11.7. The third-order valence-electron chi connectivity index (χ3n) is 7.19. The Hall–Kier alpha value is -5.16. The highest BCUT2D eigenvalue weighted by Gasteiger charge is 2.30. The predicted octanol–water partition coefficient (Wildman–Crippen LogP) is 8.81. The smallest absolute Gasteiger partial charge is 0.170 e. The van der Waals surface area contributed by atoms with Crippen LogP contribution in [0.5, 0.6) is 17.2 Å². The van der Waals surface area contributed by atoms with E-state index in [1.54, 1.807) is 36.9 Å². The molecule has 262 valence electrons. The van der Waals surface area contributed by atoms with Crippen molar-refractivity contribution in [3.63, 3.8) is 0 Å². The molecule has 4 aromatic carbocycles. The number of benzene rings is 4. The van der Waals surface area contributed by atoms with Gasteiger partial charge in [0, 0.05) is 36.9 Å². The lowest BCUT2D eigenvalue weighted by Gasteiger charge is -2.21. The molecule has 0 saturated carbocycles. The van der Waals surface area contributed by atoms with Crippen LogP contribution < -0.4 is 14.2 Å². The van der Waals surface area contributed by atoms with Crippen LogP contribution in [0.25, 0.3) is 0 Å². The number of pyridine rings is 2. The second-order valence-electron chi connectivity index (χ2n) is 12.5. The normalized spacial score (nSPS) is 11.3. The summed E-state index contributed by atoms with van der Waals surface area (Å²) >= 11 is 0. The summed E-state index contributed by atoms with van der Waals surface area (Å²) in [6.45, 7) is 8.95. The predicted molar refractivity (Wildman–Crippen MR) is 198 cm³/mol. The average molecular weight is 721 g/mol. The molecule has 0 amide bonds. The van der Waals surface area contributed by atoms with Gasteiger partial charge >= 0.3 is 0 Å². The molecule has 0 unspecified atom stereocenters. The summed E-state index contributed by atoms with van der Waals surface area (Å²) in [5.41, 5.74) is 2.82. The van der Waals surface area contributed by atoms with E-state index in [0.29, 0.717) is 13.2 Å². The molecule has 51 heavy (non-hydrogen) atoms. The van der Waals surface area contributed by atoms with Crippen LogP contribution in [-0.4, -0.2) is 28.5 Å². The van der Waals surface area contributed by atoms with Gasteiger partial charge in [0.05, 0.1) is 15.8 Å². The number of hydrogen-bond donors (Lipinski definition) is 0. The average Bonchev–Trinajstić information content (AvgIpc) is 3.11. The number of ether oxygens (including phenoxy) is 3. The molecule has 0 N–H and O–H groups in total. The molecule has 0 fully saturated rings. The zero-order chi connectivity index (χ0) is 36.3. The fraction of sp³-hybridized carbons (Fsp3) is 0.171. The molecule has 8 nitrogen and oxygen atoms in total. The summed E-state index contributed by atoms with van der Waals surface area (Å²) in [6, 6.07) is 38.7. The van der Waals surface area contributed by atoms with E-state index in [2.05, 4.69) is 79.3 Å². The second-order valence-corrected chi connectivity index (χ2v) is 15.9. The van der Waals surface area contributed by atoms with Crippen molar-refractivity contribution in [2.24, 2.45) is 0 Å². The van der Waals surface area contributed by atoms with Gasteiger partial charge in [-0.25, -0.2) is 8.42 Å². The first kappa shape index (κ1) is 37.1. The van der Waals surface area contributed by atoms with Crippen LogP contribution in [-0.2, 0) is 34.2 Å². The van der Waals surface area contributed by atoms with Crippen LogP contribution in [0.3, 0.4) is 0 Å². The highest BCUT2D eigenvalue weighted by Crippen LogP contribution is 2.36. The molecular weight excluding hydrogens is 681 g/mol. The molecule has 0 aliphatic rings. The quantitative estimate of drug-likeness (QED) is 0.0965. The molecular formula is C41H40N2O6S2.